The van der Waals surface area contributed by atoms with E-state index in [1.165, 1.54) is 0 Å². The van der Waals surface area contributed by atoms with Gasteiger partial charge in [0.15, 0.2) is 0 Å². The maximum atomic E-state index is 12.2. The SMILES string of the molecule is CCC(CN)C(=O)N1CCC(N2CCNC2=O)CC1. The van der Waals surface area contributed by atoms with E-state index < -0.39 is 0 Å². The molecule has 2 aliphatic heterocycles. The molecular formula is C13H24N4O2. The number of carbonyl (C=O) groups excluding carboxylic acids is 2. The van der Waals surface area contributed by atoms with E-state index in [4.69, 9.17) is 5.73 Å². The molecule has 2 aliphatic rings. The fraction of sp³-hybridized carbons (Fsp3) is 0.846. The Morgan fingerprint density at radius 3 is 2.58 bits per heavy atom. The monoisotopic (exact) mass is 268 g/mol. The highest BCUT2D eigenvalue weighted by molar-refractivity contribution is 5.79. The number of hydrogen-bond donors (Lipinski definition) is 2. The van der Waals surface area contributed by atoms with Crippen LogP contribution in [-0.4, -0.2) is 60.5 Å². The minimum Gasteiger partial charge on any atom is -0.342 e. The van der Waals surface area contributed by atoms with Gasteiger partial charge in [-0.05, 0) is 19.3 Å². The van der Waals surface area contributed by atoms with Crippen LogP contribution in [0.15, 0.2) is 0 Å². The molecule has 1 atom stereocenters. The van der Waals surface area contributed by atoms with Gasteiger partial charge in [-0.25, -0.2) is 4.79 Å². The smallest absolute Gasteiger partial charge is 0.317 e. The van der Waals surface area contributed by atoms with Gasteiger partial charge in [-0.2, -0.15) is 0 Å². The van der Waals surface area contributed by atoms with E-state index in [1.54, 1.807) is 0 Å². The van der Waals surface area contributed by atoms with Gasteiger partial charge in [-0.15, -0.1) is 0 Å². The minimum atomic E-state index is -0.0494. The van der Waals surface area contributed by atoms with Crippen molar-refractivity contribution in [3.63, 3.8) is 0 Å². The van der Waals surface area contributed by atoms with Gasteiger partial charge in [-0.1, -0.05) is 6.92 Å². The van der Waals surface area contributed by atoms with E-state index >= 15 is 0 Å². The van der Waals surface area contributed by atoms with Crippen molar-refractivity contribution < 1.29 is 9.59 Å². The van der Waals surface area contributed by atoms with E-state index in [-0.39, 0.29) is 23.9 Å². The highest BCUT2D eigenvalue weighted by Gasteiger charge is 2.32. The molecule has 0 aromatic carbocycles. The lowest BCUT2D eigenvalue weighted by Crippen LogP contribution is -2.49. The molecule has 6 nitrogen and oxygen atoms in total. The Morgan fingerprint density at radius 1 is 1.42 bits per heavy atom. The molecule has 0 aliphatic carbocycles. The van der Waals surface area contributed by atoms with Gasteiger partial charge in [0.25, 0.3) is 0 Å². The molecule has 0 saturated carbocycles. The molecule has 0 radical (unpaired) electrons. The number of amides is 3. The molecule has 2 saturated heterocycles. The summed E-state index contributed by atoms with van der Waals surface area (Å²) >= 11 is 0. The van der Waals surface area contributed by atoms with Crippen LogP contribution in [0.1, 0.15) is 26.2 Å². The zero-order chi connectivity index (χ0) is 13.8. The first kappa shape index (κ1) is 14.1. The van der Waals surface area contributed by atoms with Crippen LogP contribution >= 0.6 is 0 Å². The summed E-state index contributed by atoms with van der Waals surface area (Å²) in [6.45, 7) is 5.43. The molecule has 0 aromatic heterocycles. The first-order valence-electron chi connectivity index (χ1n) is 7.20. The standard InChI is InChI=1S/C13H24N4O2/c1-2-10(9-14)12(18)16-6-3-11(4-7-16)17-8-5-15-13(17)19/h10-11H,2-9,14H2,1H3,(H,15,19). The first-order chi connectivity index (χ1) is 9.17. The molecule has 0 aromatic rings. The van der Waals surface area contributed by atoms with Crippen molar-refractivity contribution in [1.29, 1.82) is 0 Å². The lowest BCUT2D eigenvalue weighted by molar-refractivity contribution is -0.136. The Balaban J connectivity index is 1.85. The third-order valence-corrected chi connectivity index (χ3v) is 4.23. The van der Waals surface area contributed by atoms with Gasteiger partial charge < -0.3 is 20.9 Å². The van der Waals surface area contributed by atoms with Gasteiger partial charge in [0.2, 0.25) is 5.91 Å². The van der Waals surface area contributed by atoms with E-state index in [2.05, 4.69) is 5.32 Å². The maximum absolute atomic E-state index is 12.2. The van der Waals surface area contributed by atoms with E-state index in [9.17, 15) is 9.59 Å². The quantitative estimate of drug-likeness (QED) is 0.752. The van der Waals surface area contributed by atoms with Crippen LogP contribution < -0.4 is 11.1 Å². The van der Waals surface area contributed by atoms with Crippen molar-refractivity contribution in [2.45, 2.75) is 32.2 Å². The molecule has 6 heteroatoms. The number of likely N-dealkylation sites (tertiary alicyclic amines) is 1. The second kappa shape index (κ2) is 6.23. The lowest BCUT2D eigenvalue weighted by Gasteiger charge is -2.37. The second-order valence-corrected chi connectivity index (χ2v) is 5.32. The van der Waals surface area contributed by atoms with E-state index in [0.717, 1.165) is 45.4 Å². The molecule has 2 rings (SSSR count). The Bertz CT molecular complexity index is 336. The molecule has 19 heavy (non-hydrogen) atoms. The average Bonchev–Trinajstić information content (AvgIpc) is 2.86. The normalized spacial score (nSPS) is 22.5. The molecule has 1 unspecified atom stereocenters. The number of nitrogens with two attached hydrogens (primary N) is 1. The second-order valence-electron chi connectivity index (χ2n) is 5.32. The van der Waals surface area contributed by atoms with Crippen molar-refractivity contribution in [3.8, 4) is 0 Å². The molecule has 0 bridgehead atoms. The molecule has 3 amide bonds. The summed E-state index contributed by atoms with van der Waals surface area (Å²) in [4.78, 5) is 27.6. The average molecular weight is 268 g/mol. The zero-order valence-corrected chi connectivity index (χ0v) is 11.6. The van der Waals surface area contributed by atoms with Crippen LogP contribution in [-0.2, 0) is 4.79 Å². The van der Waals surface area contributed by atoms with Crippen molar-refractivity contribution in [2.75, 3.05) is 32.7 Å². The topological polar surface area (TPSA) is 78.7 Å². The van der Waals surface area contributed by atoms with Crippen molar-refractivity contribution in [1.82, 2.24) is 15.1 Å². The number of rotatable bonds is 4. The van der Waals surface area contributed by atoms with Crippen LogP contribution in [0.2, 0.25) is 0 Å². The van der Waals surface area contributed by atoms with Crippen LogP contribution in [0.3, 0.4) is 0 Å². The number of urea groups is 1. The number of nitrogens with zero attached hydrogens (tertiary/aromatic N) is 2. The Hall–Kier alpha value is -1.30. The summed E-state index contributed by atoms with van der Waals surface area (Å²) < 4.78 is 0. The molecule has 3 N–H and O–H groups in total. The van der Waals surface area contributed by atoms with E-state index in [0.29, 0.717) is 6.54 Å². The number of carbonyl (C=O) groups is 2. The third-order valence-electron chi connectivity index (χ3n) is 4.23. The van der Waals surface area contributed by atoms with Gasteiger partial charge >= 0.3 is 6.03 Å². The predicted molar refractivity (Wildman–Crippen MR) is 72.5 cm³/mol. The molecule has 0 spiro atoms. The molecular weight excluding hydrogens is 244 g/mol. The highest BCUT2D eigenvalue weighted by Crippen LogP contribution is 2.20. The molecule has 2 fully saturated rings. The number of nitrogens with one attached hydrogen (secondary N) is 1. The number of piperidine rings is 1. The van der Waals surface area contributed by atoms with Gasteiger partial charge in [-0.3, -0.25) is 4.79 Å². The summed E-state index contributed by atoms with van der Waals surface area (Å²) in [6, 6.07) is 0.322. The maximum Gasteiger partial charge on any atom is 0.317 e. The summed E-state index contributed by atoms with van der Waals surface area (Å²) in [5.74, 6) is 0.126. The summed E-state index contributed by atoms with van der Waals surface area (Å²) in [5, 5.41) is 2.83. The van der Waals surface area contributed by atoms with E-state index in [1.807, 2.05) is 16.7 Å². The summed E-state index contributed by atoms with van der Waals surface area (Å²) in [6.07, 6.45) is 2.55. The highest BCUT2D eigenvalue weighted by atomic mass is 16.2. The zero-order valence-electron chi connectivity index (χ0n) is 11.6. The first-order valence-corrected chi connectivity index (χ1v) is 7.20. The van der Waals surface area contributed by atoms with Crippen molar-refractivity contribution >= 4 is 11.9 Å². The lowest BCUT2D eigenvalue weighted by atomic mass is 10.00. The number of hydrogen-bond acceptors (Lipinski definition) is 3. The Labute approximate surface area is 114 Å². The fourth-order valence-electron chi connectivity index (χ4n) is 2.93. The van der Waals surface area contributed by atoms with Gasteiger partial charge in [0, 0.05) is 38.8 Å². The molecule has 2 heterocycles. The van der Waals surface area contributed by atoms with Gasteiger partial charge in [0.1, 0.15) is 0 Å². The Morgan fingerprint density at radius 2 is 2.11 bits per heavy atom. The fourth-order valence-corrected chi connectivity index (χ4v) is 2.93. The van der Waals surface area contributed by atoms with Crippen LogP contribution in [0.4, 0.5) is 4.79 Å². The van der Waals surface area contributed by atoms with Crippen LogP contribution in [0.25, 0.3) is 0 Å². The largest absolute Gasteiger partial charge is 0.342 e. The Kier molecular flexibility index (Phi) is 4.63. The van der Waals surface area contributed by atoms with Crippen LogP contribution in [0, 0.1) is 5.92 Å². The van der Waals surface area contributed by atoms with Crippen molar-refractivity contribution in [2.24, 2.45) is 11.7 Å². The summed E-state index contributed by atoms with van der Waals surface area (Å²) in [7, 11) is 0. The molecule has 108 valence electrons. The van der Waals surface area contributed by atoms with Crippen molar-refractivity contribution in [3.05, 3.63) is 0 Å². The van der Waals surface area contributed by atoms with Crippen LogP contribution in [0.5, 0.6) is 0 Å². The minimum absolute atomic E-state index is 0.0400. The predicted octanol–water partition coefficient (Wildman–Crippen LogP) is -0.0125. The summed E-state index contributed by atoms with van der Waals surface area (Å²) in [5.41, 5.74) is 5.63. The van der Waals surface area contributed by atoms with Gasteiger partial charge in [0.05, 0.1) is 5.92 Å². The third kappa shape index (κ3) is 3.00.